The van der Waals surface area contributed by atoms with Gasteiger partial charge in [0.2, 0.25) is 0 Å². The summed E-state index contributed by atoms with van der Waals surface area (Å²) in [5.74, 6) is 0. The average Bonchev–Trinajstić information content (AvgIpc) is 3.59. The molecule has 54 heavy (non-hydrogen) atoms. The van der Waals surface area contributed by atoms with Crippen molar-refractivity contribution in [3.63, 3.8) is 0 Å². The maximum Gasteiger partial charge on any atom is 0.0165 e. The number of hydrogen-bond donors (Lipinski definition) is 0. The fraction of sp³-hybridized carbons (Fsp3) is 0.111. The molecule has 0 N–H and O–H groups in total. The van der Waals surface area contributed by atoms with Crippen molar-refractivity contribution in [3.8, 4) is 55.6 Å². The van der Waals surface area contributed by atoms with Gasteiger partial charge in [0, 0.05) is 10.8 Å². The molecule has 9 aromatic carbocycles. The Bertz CT molecular complexity index is 2970. The molecule has 0 spiro atoms. The van der Waals surface area contributed by atoms with E-state index in [9.17, 15) is 0 Å². The number of hydrogen-bond acceptors (Lipinski definition) is 0. The minimum Gasteiger partial charge on any atom is -0.0619 e. The van der Waals surface area contributed by atoms with E-state index in [1.807, 2.05) is 0 Å². The molecule has 9 aromatic rings. The number of fused-ring (bicyclic) bond motifs is 10. The van der Waals surface area contributed by atoms with Crippen LogP contribution >= 0.6 is 0 Å². The molecule has 0 amide bonds. The van der Waals surface area contributed by atoms with E-state index in [0.29, 0.717) is 0 Å². The van der Waals surface area contributed by atoms with Crippen molar-refractivity contribution in [2.24, 2.45) is 0 Å². The summed E-state index contributed by atoms with van der Waals surface area (Å²) in [6.07, 6.45) is 0. The topological polar surface area (TPSA) is 0 Å². The summed E-state index contributed by atoms with van der Waals surface area (Å²) in [4.78, 5) is 0. The zero-order valence-electron chi connectivity index (χ0n) is 31.2. The molecule has 11 rings (SSSR count). The minimum atomic E-state index is -0.0902. The van der Waals surface area contributed by atoms with Crippen LogP contribution in [0.4, 0.5) is 0 Å². The molecule has 0 radical (unpaired) electrons. The Morgan fingerprint density at radius 2 is 0.815 bits per heavy atom. The van der Waals surface area contributed by atoms with Gasteiger partial charge in [0.25, 0.3) is 0 Å². The molecule has 2 aliphatic rings. The summed E-state index contributed by atoms with van der Waals surface area (Å²) in [5, 5.41) is 7.65. The third-order valence-corrected chi connectivity index (χ3v) is 12.8. The van der Waals surface area contributed by atoms with Gasteiger partial charge in [-0.3, -0.25) is 0 Å². The van der Waals surface area contributed by atoms with Gasteiger partial charge in [0.15, 0.2) is 0 Å². The highest BCUT2D eigenvalue weighted by Crippen LogP contribution is 2.59. The Hall–Kier alpha value is -6.24. The molecule has 0 unspecified atom stereocenters. The van der Waals surface area contributed by atoms with E-state index >= 15 is 0 Å². The molecule has 2 aliphatic carbocycles. The first-order chi connectivity index (χ1) is 26.3. The van der Waals surface area contributed by atoms with E-state index in [2.05, 4.69) is 198 Å². The van der Waals surface area contributed by atoms with Crippen molar-refractivity contribution < 1.29 is 0 Å². The van der Waals surface area contributed by atoms with Crippen molar-refractivity contribution in [1.29, 1.82) is 0 Å². The Morgan fingerprint density at radius 3 is 1.52 bits per heavy atom. The van der Waals surface area contributed by atoms with Crippen molar-refractivity contribution in [2.45, 2.75) is 38.5 Å². The largest absolute Gasteiger partial charge is 0.0619 e. The van der Waals surface area contributed by atoms with E-state index in [1.165, 1.54) is 110 Å². The van der Waals surface area contributed by atoms with Crippen molar-refractivity contribution in [1.82, 2.24) is 0 Å². The Morgan fingerprint density at radius 1 is 0.296 bits per heavy atom. The van der Waals surface area contributed by atoms with Crippen LogP contribution in [0.1, 0.15) is 49.9 Å². The van der Waals surface area contributed by atoms with E-state index in [0.717, 1.165) is 0 Å². The second-order valence-electron chi connectivity index (χ2n) is 16.4. The van der Waals surface area contributed by atoms with Gasteiger partial charge in [-0.25, -0.2) is 0 Å². The summed E-state index contributed by atoms with van der Waals surface area (Å²) >= 11 is 0. The van der Waals surface area contributed by atoms with E-state index in [-0.39, 0.29) is 10.8 Å². The molecule has 0 aromatic heterocycles. The molecule has 0 atom stereocenters. The van der Waals surface area contributed by atoms with Gasteiger partial charge in [0.05, 0.1) is 0 Å². The lowest BCUT2D eigenvalue weighted by atomic mass is 9.77. The van der Waals surface area contributed by atoms with Gasteiger partial charge in [0.1, 0.15) is 0 Å². The van der Waals surface area contributed by atoms with Gasteiger partial charge in [-0.1, -0.05) is 185 Å². The van der Waals surface area contributed by atoms with E-state index in [1.54, 1.807) is 0 Å². The van der Waals surface area contributed by atoms with Gasteiger partial charge in [-0.2, -0.15) is 0 Å². The van der Waals surface area contributed by atoms with Crippen LogP contribution in [-0.4, -0.2) is 0 Å². The zero-order chi connectivity index (χ0) is 36.3. The Balaban J connectivity index is 1.04. The van der Waals surface area contributed by atoms with Crippen LogP contribution in [0.2, 0.25) is 0 Å². The standard InChI is InChI=1S/C54H40/c1-53(2)46-20-12-11-19-44(46)51-48(53)30-28-43-45-32-37(27-29-47(45)54(3,4)52(43)51)34-21-24-35(25-22-34)49-39-15-7-9-17-41(39)50(42-18-10-8-16-40(42)49)38-26-23-33-13-5-6-14-36(33)31-38/h5-32H,1-4H3. The molecule has 0 saturated heterocycles. The highest BCUT2D eigenvalue weighted by molar-refractivity contribution is 6.21. The SMILES string of the molecule is CC1(C)c2ccccc2-c2c1ccc1c2C(C)(C)c2ccc(-c3ccc(-c4c5ccccc5c(-c5ccc6ccccc6c5)c5ccccc45)cc3)cc2-1. The normalized spacial score (nSPS) is 14.6. The molecular formula is C54H40. The summed E-state index contributed by atoms with van der Waals surface area (Å²) in [5.41, 5.74) is 18.8. The summed E-state index contributed by atoms with van der Waals surface area (Å²) < 4.78 is 0. The molecule has 0 heteroatoms. The summed E-state index contributed by atoms with van der Waals surface area (Å²) in [7, 11) is 0. The maximum atomic E-state index is 2.44. The predicted molar refractivity (Wildman–Crippen MR) is 230 cm³/mol. The zero-order valence-corrected chi connectivity index (χ0v) is 31.2. The van der Waals surface area contributed by atoms with Gasteiger partial charge >= 0.3 is 0 Å². The first kappa shape index (κ1) is 31.3. The quantitative estimate of drug-likeness (QED) is 0.162. The number of benzene rings is 9. The lowest BCUT2D eigenvalue weighted by Gasteiger charge is -2.26. The highest BCUT2D eigenvalue weighted by atomic mass is 14.5. The fourth-order valence-corrected chi connectivity index (χ4v) is 10.2. The lowest BCUT2D eigenvalue weighted by Crippen LogP contribution is -2.18. The lowest BCUT2D eigenvalue weighted by molar-refractivity contribution is 0.647. The number of rotatable bonds is 3. The van der Waals surface area contributed by atoms with Gasteiger partial charge < -0.3 is 0 Å². The maximum absolute atomic E-state index is 2.44. The molecule has 0 bridgehead atoms. The van der Waals surface area contributed by atoms with Gasteiger partial charge in [-0.05, 0) is 122 Å². The molecule has 0 nitrogen and oxygen atoms in total. The first-order valence-corrected chi connectivity index (χ1v) is 19.3. The van der Waals surface area contributed by atoms with E-state index in [4.69, 9.17) is 0 Å². The third kappa shape index (κ3) is 4.26. The molecular weight excluding hydrogens is 649 g/mol. The van der Waals surface area contributed by atoms with Crippen LogP contribution in [0.25, 0.3) is 88.0 Å². The van der Waals surface area contributed by atoms with Crippen molar-refractivity contribution in [3.05, 3.63) is 192 Å². The Kier molecular flexibility index (Phi) is 6.46. The van der Waals surface area contributed by atoms with E-state index < -0.39 is 0 Å². The molecule has 256 valence electrons. The average molecular weight is 689 g/mol. The Labute approximate surface area is 317 Å². The van der Waals surface area contributed by atoms with Gasteiger partial charge in [-0.15, -0.1) is 0 Å². The predicted octanol–water partition coefficient (Wildman–Crippen LogP) is 14.8. The van der Waals surface area contributed by atoms with Crippen LogP contribution in [0, 0.1) is 0 Å². The first-order valence-electron chi connectivity index (χ1n) is 19.3. The van der Waals surface area contributed by atoms with Crippen LogP contribution in [-0.2, 0) is 10.8 Å². The molecule has 0 saturated carbocycles. The van der Waals surface area contributed by atoms with Crippen molar-refractivity contribution >= 4 is 32.3 Å². The van der Waals surface area contributed by atoms with Crippen molar-refractivity contribution in [2.75, 3.05) is 0 Å². The second-order valence-corrected chi connectivity index (χ2v) is 16.4. The molecule has 0 fully saturated rings. The monoisotopic (exact) mass is 688 g/mol. The second kappa shape index (κ2) is 11.1. The minimum absolute atomic E-state index is 0.00781. The smallest absolute Gasteiger partial charge is 0.0165 e. The highest BCUT2D eigenvalue weighted by Gasteiger charge is 2.44. The van der Waals surface area contributed by atoms with Crippen LogP contribution in [0.3, 0.4) is 0 Å². The van der Waals surface area contributed by atoms with Crippen LogP contribution in [0.15, 0.2) is 170 Å². The fourth-order valence-electron chi connectivity index (χ4n) is 10.2. The van der Waals surface area contributed by atoms with Crippen LogP contribution in [0.5, 0.6) is 0 Å². The summed E-state index contributed by atoms with van der Waals surface area (Å²) in [6.45, 7) is 9.60. The summed E-state index contributed by atoms with van der Waals surface area (Å²) in [6, 6.07) is 63.7. The molecule has 0 aliphatic heterocycles. The third-order valence-electron chi connectivity index (χ3n) is 12.8. The molecule has 0 heterocycles. The van der Waals surface area contributed by atoms with Crippen LogP contribution < -0.4 is 0 Å².